The molecule has 0 radical (unpaired) electrons. The maximum atomic E-state index is 5.46. The number of piperidine rings is 1. The molecule has 110 valence electrons. The van der Waals surface area contributed by atoms with E-state index in [9.17, 15) is 0 Å². The lowest BCUT2D eigenvalue weighted by Crippen LogP contribution is -2.35. The Morgan fingerprint density at radius 1 is 1.47 bits per heavy atom. The zero-order chi connectivity index (χ0) is 13.0. The SMILES string of the molecule is CC(C)CC1CCCN(Cc2noc(CN)n2)C1.Cl. The average Bonchev–Trinajstić information content (AvgIpc) is 2.76. The summed E-state index contributed by atoms with van der Waals surface area (Å²) in [4.78, 5) is 6.70. The monoisotopic (exact) mass is 288 g/mol. The van der Waals surface area contributed by atoms with Crippen molar-refractivity contribution in [1.82, 2.24) is 15.0 Å². The Balaban J connectivity index is 0.00000180. The molecule has 1 aliphatic rings. The first-order chi connectivity index (χ1) is 8.67. The Bertz CT molecular complexity index is 369. The van der Waals surface area contributed by atoms with Gasteiger partial charge in [-0.05, 0) is 37.6 Å². The van der Waals surface area contributed by atoms with Crippen LogP contribution in [0.15, 0.2) is 4.52 Å². The third-order valence-corrected chi connectivity index (χ3v) is 3.46. The van der Waals surface area contributed by atoms with Crippen molar-refractivity contribution in [3.05, 3.63) is 11.7 Å². The fraction of sp³-hybridized carbons (Fsp3) is 0.846. The second kappa shape index (κ2) is 7.82. The van der Waals surface area contributed by atoms with E-state index in [1.165, 1.54) is 19.3 Å². The molecule has 2 N–H and O–H groups in total. The Labute approximate surface area is 121 Å². The smallest absolute Gasteiger partial charge is 0.240 e. The molecule has 1 fully saturated rings. The predicted molar refractivity (Wildman–Crippen MR) is 76.9 cm³/mol. The zero-order valence-corrected chi connectivity index (χ0v) is 12.7. The summed E-state index contributed by atoms with van der Waals surface area (Å²) >= 11 is 0. The van der Waals surface area contributed by atoms with E-state index in [1.807, 2.05) is 0 Å². The van der Waals surface area contributed by atoms with Crippen LogP contribution in [0.25, 0.3) is 0 Å². The first kappa shape index (κ1) is 16.4. The van der Waals surface area contributed by atoms with Crippen molar-refractivity contribution in [2.24, 2.45) is 17.6 Å². The first-order valence-corrected chi connectivity index (χ1v) is 6.91. The Hall–Kier alpha value is -0.650. The number of aromatic nitrogens is 2. The molecule has 19 heavy (non-hydrogen) atoms. The zero-order valence-electron chi connectivity index (χ0n) is 11.8. The maximum Gasteiger partial charge on any atom is 0.240 e. The highest BCUT2D eigenvalue weighted by atomic mass is 35.5. The van der Waals surface area contributed by atoms with Gasteiger partial charge < -0.3 is 10.3 Å². The van der Waals surface area contributed by atoms with Gasteiger partial charge in [-0.25, -0.2) is 0 Å². The maximum absolute atomic E-state index is 5.46. The molecule has 1 saturated heterocycles. The molecule has 0 amide bonds. The Morgan fingerprint density at radius 3 is 2.89 bits per heavy atom. The lowest BCUT2D eigenvalue weighted by atomic mass is 9.90. The summed E-state index contributed by atoms with van der Waals surface area (Å²) in [5.74, 6) is 2.89. The minimum Gasteiger partial charge on any atom is -0.338 e. The standard InChI is InChI=1S/C13H24N4O.ClH/c1-10(2)6-11-4-3-5-17(8-11)9-12-15-13(7-14)18-16-12;/h10-11H,3-9,14H2,1-2H3;1H. The van der Waals surface area contributed by atoms with Gasteiger partial charge in [0.25, 0.3) is 0 Å². The van der Waals surface area contributed by atoms with Crippen LogP contribution in [-0.2, 0) is 13.1 Å². The second-order valence-electron chi connectivity index (χ2n) is 5.68. The molecule has 0 aromatic carbocycles. The molecule has 0 saturated carbocycles. The van der Waals surface area contributed by atoms with Crippen molar-refractivity contribution in [2.75, 3.05) is 13.1 Å². The van der Waals surface area contributed by atoms with Crippen LogP contribution in [0.3, 0.4) is 0 Å². The molecule has 6 heteroatoms. The summed E-state index contributed by atoms with van der Waals surface area (Å²) in [6.45, 7) is 8.00. The minimum atomic E-state index is 0. The largest absolute Gasteiger partial charge is 0.338 e. The molecule has 1 aromatic rings. The van der Waals surface area contributed by atoms with Crippen molar-refractivity contribution in [2.45, 2.75) is 46.2 Å². The molecule has 1 aliphatic heterocycles. The van der Waals surface area contributed by atoms with E-state index in [4.69, 9.17) is 10.3 Å². The summed E-state index contributed by atoms with van der Waals surface area (Å²) in [7, 11) is 0. The fourth-order valence-electron chi connectivity index (χ4n) is 2.79. The molecule has 0 spiro atoms. The van der Waals surface area contributed by atoms with Gasteiger partial charge in [-0.2, -0.15) is 4.98 Å². The summed E-state index contributed by atoms with van der Waals surface area (Å²) in [6, 6.07) is 0. The topological polar surface area (TPSA) is 68.2 Å². The van der Waals surface area contributed by atoms with E-state index in [0.29, 0.717) is 12.4 Å². The van der Waals surface area contributed by atoms with Crippen molar-refractivity contribution < 1.29 is 4.52 Å². The van der Waals surface area contributed by atoms with Gasteiger partial charge in [0, 0.05) is 6.54 Å². The lowest BCUT2D eigenvalue weighted by molar-refractivity contribution is 0.148. The first-order valence-electron chi connectivity index (χ1n) is 6.91. The third kappa shape index (κ3) is 5.09. The predicted octanol–water partition coefficient (Wildman–Crippen LogP) is 2.21. The molecule has 1 atom stereocenters. The van der Waals surface area contributed by atoms with E-state index in [0.717, 1.165) is 37.3 Å². The second-order valence-corrected chi connectivity index (χ2v) is 5.68. The van der Waals surface area contributed by atoms with Gasteiger partial charge in [-0.15, -0.1) is 12.4 Å². The highest BCUT2D eigenvalue weighted by Crippen LogP contribution is 2.23. The summed E-state index contributed by atoms with van der Waals surface area (Å²) < 4.78 is 5.03. The summed E-state index contributed by atoms with van der Waals surface area (Å²) in [6.07, 6.45) is 3.95. The van der Waals surface area contributed by atoms with Gasteiger partial charge in [0.15, 0.2) is 5.82 Å². The van der Waals surface area contributed by atoms with E-state index >= 15 is 0 Å². The molecule has 0 bridgehead atoms. The van der Waals surface area contributed by atoms with Crippen LogP contribution in [0.2, 0.25) is 0 Å². The molecule has 0 aliphatic carbocycles. The van der Waals surface area contributed by atoms with Crippen LogP contribution < -0.4 is 5.73 Å². The lowest BCUT2D eigenvalue weighted by Gasteiger charge is -2.32. The highest BCUT2D eigenvalue weighted by Gasteiger charge is 2.21. The minimum absolute atomic E-state index is 0. The number of nitrogens with two attached hydrogens (primary N) is 1. The number of rotatable bonds is 5. The summed E-state index contributed by atoms with van der Waals surface area (Å²) in [5, 5.41) is 3.96. The molecule has 2 heterocycles. The van der Waals surface area contributed by atoms with E-state index < -0.39 is 0 Å². The molecular weight excluding hydrogens is 264 g/mol. The van der Waals surface area contributed by atoms with Gasteiger partial charge in [0.2, 0.25) is 5.89 Å². The number of likely N-dealkylation sites (tertiary alicyclic amines) is 1. The normalized spacial score (nSPS) is 20.5. The number of halogens is 1. The van der Waals surface area contributed by atoms with Crippen molar-refractivity contribution >= 4 is 12.4 Å². The Morgan fingerprint density at radius 2 is 2.26 bits per heavy atom. The van der Waals surface area contributed by atoms with Crippen molar-refractivity contribution in [3.8, 4) is 0 Å². The number of hydrogen-bond acceptors (Lipinski definition) is 5. The number of hydrogen-bond donors (Lipinski definition) is 1. The van der Waals surface area contributed by atoms with Gasteiger partial charge in [0.1, 0.15) is 0 Å². The van der Waals surface area contributed by atoms with Crippen LogP contribution in [-0.4, -0.2) is 28.1 Å². The number of nitrogens with zero attached hydrogens (tertiary/aromatic N) is 3. The fourth-order valence-corrected chi connectivity index (χ4v) is 2.79. The molecule has 1 unspecified atom stereocenters. The van der Waals surface area contributed by atoms with E-state index in [-0.39, 0.29) is 12.4 Å². The van der Waals surface area contributed by atoms with Gasteiger partial charge in [0.05, 0.1) is 13.1 Å². The van der Waals surface area contributed by atoms with Crippen LogP contribution in [0.4, 0.5) is 0 Å². The van der Waals surface area contributed by atoms with Crippen LogP contribution >= 0.6 is 12.4 Å². The quantitative estimate of drug-likeness (QED) is 0.900. The van der Waals surface area contributed by atoms with Crippen LogP contribution in [0, 0.1) is 11.8 Å². The highest BCUT2D eigenvalue weighted by molar-refractivity contribution is 5.85. The summed E-state index contributed by atoms with van der Waals surface area (Å²) in [5.41, 5.74) is 5.46. The molecule has 2 rings (SSSR count). The van der Waals surface area contributed by atoms with Crippen LogP contribution in [0.5, 0.6) is 0 Å². The van der Waals surface area contributed by atoms with E-state index in [1.54, 1.807) is 0 Å². The van der Waals surface area contributed by atoms with Gasteiger partial charge in [-0.1, -0.05) is 19.0 Å². The third-order valence-electron chi connectivity index (χ3n) is 3.46. The molecule has 5 nitrogen and oxygen atoms in total. The Kier molecular flexibility index (Phi) is 6.75. The van der Waals surface area contributed by atoms with Crippen molar-refractivity contribution in [1.29, 1.82) is 0 Å². The molecule has 1 aromatic heterocycles. The molecular formula is C13H25ClN4O. The van der Waals surface area contributed by atoms with Gasteiger partial charge in [-0.3, -0.25) is 4.90 Å². The van der Waals surface area contributed by atoms with Crippen molar-refractivity contribution in [3.63, 3.8) is 0 Å². The average molecular weight is 289 g/mol. The van der Waals surface area contributed by atoms with E-state index in [2.05, 4.69) is 28.9 Å². The van der Waals surface area contributed by atoms with Gasteiger partial charge >= 0.3 is 0 Å². The van der Waals surface area contributed by atoms with Crippen LogP contribution in [0.1, 0.15) is 44.8 Å².